The van der Waals surface area contributed by atoms with Gasteiger partial charge >= 0.3 is 0 Å². The Balaban J connectivity index is 1.60. The summed E-state index contributed by atoms with van der Waals surface area (Å²) in [5, 5.41) is 4.36. The molecule has 2 aromatic heterocycles. The fraction of sp³-hybridized carbons (Fsp3) is 0.111. The van der Waals surface area contributed by atoms with Crippen molar-refractivity contribution in [2.75, 3.05) is 19.5 Å². The van der Waals surface area contributed by atoms with Gasteiger partial charge in [0.25, 0.3) is 5.91 Å². The lowest BCUT2D eigenvalue weighted by atomic mass is 10.1. The van der Waals surface area contributed by atoms with Gasteiger partial charge in [0, 0.05) is 16.3 Å². The fourth-order valence-electron chi connectivity index (χ4n) is 4.05. The van der Waals surface area contributed by atoms with Crippen LogP contribution >= 0.6 is 11.6 Å². The van der Waals surface area contributed by atoms with E-state index < -0.39 is 11.7 Å². The number of ketones is 1. The number of halogens is 1. The molecule has 0 saturated heterocycles. The molecule has 7 nitrogen and oxygen atoms in total. The maximum absolute atomic E-state index is 13.5. The lowest BCUT2D eigenvalue weighted by Crippen LogP contribution is -2.15. The predicted molar refractivity (Wildman–Crippen MR) is 133 cm³/mol. The van der Waals surface area contributed by atoms with Crippen molar-refractivity contribution in [2.45, 2.75) is 6.92 Å². The third-order valence-electron chi connectivity index (χ3n) is 5.75. The first-order valence-corrected chi connectivity index (χ1v) is 11.1. The summed E-state index contributed by atoms with van der Waals surface area (Å²) in [5.41, 5.74) is 1.91. The number of benzene rings is 3. The van der Waals surface area contributed by atoms with Crippen LogP contribution in [-0.4, -0.2) is 25.9 Å². The highest BCUT2D eigenvalue weighted by molar-refractivity contribution is 6.32. The van der Waals surface area contributed by atoms with E-state index in [1.54, 1.807) is 68.6 Å². The summed E-state index contributed by atoms with van der Waals surface area (Å²) < 4.78 is 22.2. The van der Waals surface area contributed by atoms with Crippen molar-refractivity contribution in [3.8, 4) is 11.5 Å². The molecular weight excluding hydrogens is 470 g/mol. The minimum Gasteiger partial charge on any atom is -0.497 e. The van der Waals surface area contributed by atoms with Crippen LogP contribution in [0.1, 0.15) is 32.2 Å². The van der Waals surface area contributed by atoms with Crippen molar-refractivity contribution in [3.63, 3.8) is 0 Å². The zero-order valence-corrected chi connectivity index (χ0v) is 19.9. The van der Waals surface area contributed by atoms with Gasteiger partial charge < -0.3 is 23.6 Å². The van der Waals surface area contributed by atoms with Crippen molar-refractivity contribution in [2.24, 2.45) is 0 Å². The van der Waals surface area contributed by atoms with Crippen LogP contribution in [0.2, 0.25) is 5.02 Å². The molecule has 0 aliphatic carbocycles. The number of nitrogens with one attached hydrogen (secondary N) is 1. The number of carbonyl (C=O) groups excluding carboxylic acids is 2. The maximum atomic E-state index is 13.5. The Hall–Kier alpha value is -4.23. The predicted octanol–water partition coefficient (Wildman–Crippen LogP) is 6.64. The van der Waals surface area contributed by atoms with Crippen LogP contribution < -0.4 is 14.8 Å². The molecule has 0 aliphatic rings. The number of hydrogen-bond donors (Lipinski definition) is 1. The van der Waals surface area contributed by atoms with E-state index in [-0.39, 0.29) is 16.5 Å². The van der Waals surface area contributed by atoms with Gasteiger partial charge in [0.05, 0.1) is 30.5 Å². The monoisotopic (exact) mass is 489 g/mol. The van der Waals surface area contributed by atoms with E-state index in [0.29, 0.717) is 50.3 Å². The van der Waals surface area contributed by atoms with E-state index in [4.69, 9.17) is 29.9 Å². The molecule has 0 fully saturated rings. The lowest BCUT2D eigenvalue weighted by molar-refractivity contribution is 0.101. The average molecular weight is 490 g/mol. The second-order valence-corrected chi connectivity index (χ2v) is 8.24. The Morgan fingerprint density at radius 3 is 2.40 bits per heavy atom. The standard InChI is InChI=1S/C27H20ClNO6/c1-14-23(18-13-16(32-2)9-11-21(18)34-14)27(31)29-24-17-6-4-5-7-20(17)35-26(24)25(30)15-8-10-22(33-3)19(28)12-15/h4-13H,1-3H3,(H,29,31). The number of para-hydroxylation sites is 1. The minimum atomic E-state index is -0.442. The highest BCUT2D eigenvalue weighted by atomic mass is 35.5. The van der Waals surface area contributed by atoms with Crippen LogP contribution in [0.5, 0.6) is 11.5 Å². The van der Waals surface area contributed by atoms with Crippen LogP contribution in [0.15, 0.2) is 69.5 Å². The van der Waals surface area contributed by atoms with Gasteiger partial charge in [0.1, 0.15) is 28.4 Å². The molecule has 0 saturated carbocycles. The molecule has 5 aromatic rings. The number of ether oxygens (including phenoxy) is 2. The first-order valence-electron chi connectivity index (χ1n) is 10.7. The van der Waals surface area contributed by atoms with Crippen LogP contribution in [0, 0.1) is 6.92 Å². The minimum absolute atomic E-state index is 0.0104. The summed E-state index contributed by atoms with van der Waals surface area (Å²) in [6, 6.07) is 17.0. The largest absolute Gasteiger partial charge is 0.497 e. The van der Waals surface area contributed by atoms with Crippen molar-refractivity contribution in [3.05, 3.63) is 88.3 Å². The van der Waals surface area contributed by atoms with Gasteiger partial charge in [0.2, 0.25) is 5.78 Å². The summed E-state index contributed by atoms with van der Waals surface area (Å²) in [6.45, 7) is 1.71. The summed E-state index contributed by atoms with van der Waals surface area (Å²) >= 11 is 6.23. The molecule has 176 valence electrons. The zero-order chi connectivity index (χ0) is 24.7. The summed E-state index contributed by atoms with van der Waals surface area (Å²) in [7, 11) is 3.04. The van der Waals surface area contributed by atoms with E-state index >= 15 is 0 Å². The van der Waals surface area contributed by atoms with Crippen molar-refractivity contribution in [1.82, 2.24) is 0 Å². The smallest absolute Gasteiger partial charge is 0.259 e. The number of hydrogen-bond acceptors (Lipinski definition) is 6. The third-order valence-corrected chi connectivity index (χ3v) is 6.05. The number of anilines is 1. The molecule has 0 bridgehead atoms. The third kappa shape index (κ3) is 3.90. The Bertz CT molecular complexity index is 1610. The van der Waals surface area contributed by atoms with Gasteiger partial charge in [-0.25, -0.2) is 0 Å². The normalized spacial score (nSPS) is 11.1. The van der Waals surface area contributed by atoms with E-state index in [0.717, 1.165) is 0 Å². The Morgan fingerprint density at radius 1 is 0.886 bits per heavy atom. The molecule has 2 heterocycles. The molecule has 0 radical (unpaired) electrons. The van der Waals surface area contributed by atoms with Gasteiger partial charge in [-0.15, -0.1) is 0 Å². The van der Waals surface area contributed by atoms with Crippen LogP contribution in [-0.2, 0) is 0 Å². The van der Waals surface area contributed by atoms with Crippen molar-refractivity contribution >= 4 is 50.9 Å². The number of fused-ring (bicyclic) bond motifs is 2. The topological polar surface area (TPSA) is 90.9 Å². The lowest BCUT2D eigenvalue weighted by Gasteiger charge is -2.08. The highest BCUT2D eigenvalue weighted by Gasteiger charge is 2.26. The van der Waals surface area contributed by atoms with Crippen molar-refractivity contribution in [1.29, 1.82) is 0 Å². The van der Waals surface area contributed by atoms with E-state index in [1.807, 2.05) is 0 Å². The fourth-order valence-corrected chi connectivity index (χ4v) is 4.31. The zero-order valence-electron chi connectivity index (χ0n) is 19.1. The maximum Gasteiger partial charge on any atom is 0.259 e. The van der Waals surface area contributed by atoms with Gasteiger partial charge in [-0.1, -0.05) is 23.7 Å². The van der Waals surface area contributed by atoms with Crippen molar-refractivity contribution < 1.29 is 27.9 Å². The summed E-state index contributed by atoms with van der Waals surface area (Å²) in [6.07, 6.45) is 0. The molecule has 8 heteroatoms. The first-order chi connectivity index (χ1) is 16.9. The van der Waals surface area contributed by atoms with Crippen LogP contribution in [0.4, 0.5) is 5.69 Å². The SMILES string of the molecule is COc1ccc2oc(C)c(C(=O)Nc3c(C(=O)c4ccc(OC)c(Cl)c4)oc4ccccc34)c2c1. The molecule has 1 amide bonds. The number of methoxy groups -OCH3 is 2. The Kier molecular flexibility index (Phi) is 5.70. The first kappa shape index (κ1) is 22.6. The second-order valence-electron chi connectivity index (χ2n) is 7.83. The highest BCUT2D eigenvalue weighted by Crippen LogP contribution is 2.36. The molecule has 5 rings (SSSR count). The van der Waals surface area contributed by atoms with Gasteiger partial charge in [0.15, 0.2) is 5.76 Å². The second kappa shape index (κ2) is 8.85. The van der Waals surface area contributed by atoms with Crippen LogP contribution in [0.3, 0.4) is 0 Å². The van der Waals surface area contributed by atoms with Gasteiger partial charge in [-0.2, -0.15) is 0 Å². The van der Waals surface area contributed by atoms with E-state index in [1.165, 1.54) is 13.2 Å². The van der Waals surface area contributed by atoms with E-state index in [2.05, 4.69) is 5.32 Å². The average Bonchev–Trinajstić information content (AvgIpc) is 3.39. The van der Waals surface area contributed by atoms with Gasteiger partial charge in [-0.3, -0.25) is 9.59 Å². The molecule has 0 aliphatic heterocycles. The molecule has 35 heavy (non-hydrogen) atoms. The Labute approximate surface area is 205 Å². The quantitative estimate of drug-likeness (QED) is 0.269. The number of aryl methyl sites for hydroxylation is 1. The molecular formula is C27H20ClNO6. The number of amides is 1. The number of carbonyl (C=O) groups is 2. The summed E-state index contributed by atoms with van der Waals surface area (Å²) in [4.78, 5) is 26.9. The molecule has 0 atom stereocenters. The molecule has 0 unspecified atom stereocenters. The Morgan fingerprint density at radius 2 is 1.66 bits per heavy atom. The number of furan rings is 2. The number of rotatable bonds is 6. The van der Waals surface area contributed by atoms with E-state index in [9.17, 15) is 9.59 Å². The van der Waals surface area contributed by atoms with Gasteiger partial charge in [-0.05, 0) is 55.5 Å². The molecule has 0 spiro atoms. The summed E-state index contributed by atoms with van der Waals surface area (Å²) in [5.74, 6) is 0.587. The van der Waals surface area contributed by atoms with Crippen LogP contribution in [0.25, 0.3) is 21.9 Å². The molecule has 3 aromatic carbocycles. The molecule has 1 N–H and O–H groups in total.